The summed E-state index contributed by atoms with van der Waals surface area (Å²) in [6, 6.07) is 10.1. The maximum atomic E-state index is 11.7. The fraction of sp³-hybridized carbons (Fsp3) is 0.476. The van der Waals surface area contributed by atoms with E-state index in [1.54, 1.807) is 0 Å². The van der Waals surface area contributed by atoms with Crippen LogP contribution in [-0.4, -0.2) is 41.3 Å². The number of carbonyl (C=O) groups excluding carboxylic acids is 1. The summed E-state index contributed by atoms with van der Waals surface area (Å²) in [5, 5.41) is 14.2. The molecule has 3 N–H and O–H groups in total. The minimum absolute atomic E-state index is 0. The molecule has 1 fully saturated rings. The highest BCUT2D eigenvalue weighted by Gasteiger charge is 2.28. The minimum Gasteiger partial charge on any atom is -0.357 e. The molecule has 1 amide bonds. The van der Waals surface area contributed by atoms with E-state index in [9.17, 15) is 4.79 Å². The molecule has 7 nitrogen and oxygen atoms in total. The lowest BCUT2D eigenvalue weighted by atomic mass is 10.2. The van der Waals surface area contributed by atoms with Crippen molar-refractivity contribution in [2.75, 3.05) is 19.6 Å². The van der Waals surface area contributed by atoms with Crippen LogP contribution in [0.2, 0.25) is 0 Å². The van der Waals surface area contributed by atoms with Gasteiger partial charge in [0.1, 0.15) is 0 Å². The number of carbonyl (C=O) groups is 1. The van der Waals surface area contributed by atoms with Gasteiger partial charge in [-0.05, 0) is 45.7 Å². The number of nitrogens with zero attached hydrogens (tertiary/aromatic N) is 3. The molecule has 0 saturated heterocycles. The molecule has 0 atom stereocenters. The third-order valence-corrected chi connectivity index (χ3v) is 4.85. The van der Waals surface area contributed by atoms with Crippen molar-refractivity contribution in [3.05, 3.63) is 47.3 Å². The third-order valence-electron chi connectivity index (χ3n) is 4.85. The van der Waals surface area contributed by atoms with Crippen LogP contribution in [0.1, 0.15) is 36.7 Å². The van der Waals surface area contributed by atoms with Crippen LogP contribution >= 0.6 is 24.0 Å². The Bertz CT molecular complexity index is 829. The van der Waals surface area contributed by atoms with Crippen molar-refractivity contribution in [3.8, 4) is 5.69 Å². The first-order chi connectivity index (χ1) is 13.6. The van der Waals surface area contributed by atoms with E-state index in [0.29, 0.717) is 19.6 Å². The van der Waals surface area contributed by atoms with Crippen molar-refractivity contribution >= 4 is 35.8 Å². The van der Waals surface area contributed by atoms with Gasteiger partial charge in [-0.3, -0.25) is 4.79 Å². The van der Waals surface area contributed by atoms with Crippen LogP contribution in [0.3, 0.4) is 0 Å². The zero-order valence-corrected chi connectivity index (χ0v) is 19.7. The summed E-state index contributed by atoms with van der Waals surface area (Å²) in [5.41, 5.74) is 4.26. The van der Waals surface area contributed by atoms with Gasteiger partial charge in [0.25, 0.3) is 0 Å². The van der Waals surface area contributed by atoms with Crippen LogP contribution in [0, 0.1) is 19.8 Å². The van der Waals surface area contributed by atoms with Crippen molar-refractivity contribution < 1.29 is 4.79 Å². The lowest BCUT2D eigenvalue weighted by Gasteiger charge is -2.12. The van der Waals surface area contributed by atoms with Crippen molar-refractivity contribution in [1.82, 2.24) is 25.7 Å². The van der Waals surface area contributed by atoms with E-state index in [4.69, 9.17) is 4.99 Å². The number of hydrogen-bond donors (Lipinski definition) is 3. The predicted octanol–water partition coefficient (Wildman–Crippen LogP) is 2.69. The van der Waals surface area contributed by atoms with E-state index in [1.807, 2.05) is 48.9 Å². The van der Waals surface area contributed by atoms with Crippen LogP contribution in [0.15, 0.2) is 35.3 Å². The fourth-order valence-electron chi connectivity index (χ4n) is 3.08. The highest BCUT2D eigenvalue weighted by Crippen LogP contribution is 2.28. The van der Waals surface area contributed by atoms with Crippen LogP contribution in [0.25, 0.3) is 5.69 Å². The Labute approximate surface area is 189 Å². The molecular formula is C21H31IN6O. The first-order valence-electron chi connectivity index (χ1n) is 10.0. The standard InChI is InChI=1S/C21H30N6O.HI/c1-4-22-21(24-13-12-23-20(28)17-10-11-17)25-14-19-15(2)26-27(16(19)3)18-8-6-5-7-9-18;/h5-9,17H,4,10-14H2,1-3H3,(H,23,28)(H2,22,24,25);1H. The Kier molecular flexibility index (Phi) is 8.94. The molecule has 3 rings (SSSR count). The number of aliphatic imine (C=N–C) groups is 1. The summed E-state index contributed by atoms with van der Waals surface area (Å²) in [6.07, 6.45) is 2.05. The summed E-state index contributed by atoms with van der Waals surface area (Å²) in [4.78, 5) is 16.4. The van der Waals surface area contributed by atoms with Gasteiger partial charge in [0.2, 0.25) is 5.91 Å². The van der Waals surface area contributed by atoms with E-state index in [2.05, 4.69) is 28.0 Å². The summed E-state index contributed by atoms with van der Waals surface area (Å²) >= 11 is 0. The zero-order chi connectivity index (χ0) is 19.9. The SMILES string of the molecule is CCNC(=NCc1c(C)nn(-c2ccccc2)c1C)NCCNC(=O)C1CC1.I. The monoisotopic (exact) mass is 510 g/mol. The maximum absolute atomic E-state index is 11.7. The van der Waals surface area contributed by atoms with Gasteiger partial charge in [-0.2, -0.15) is 5.10 Å². The molecule has 1 aliphatic rings. The number of aromatic nitrogens is 2. The average molecular weight is 510 g/mol. The van der Waals surface area contributed by atoms with Crippen LogP contribution < -0.4 is 16.0 Å². The smallest absolute Gasteiger partial charge is 0.223 e. The zero-order valence-electron chi connectivity index (χ0n) is 17.4. The fourth-order valence-corrected chi connectivity index (χ4v) is 3.08. The van der Waals surface area contributed by atoms with E-state index < -0.39 is 0 Å². The van der Waals surface area contributed by atoms with Gasteiger partial charge >= 0.3 is 0 Å². The van der Waals surface area contributed by atoms with Crippen molar-refractivity contribution in [2.45, 2.75) is 40.2 Å². The normalized spacial score (nSPS) is 13.6. The molecule has 0 aliphatic heterocycles. The lowest BCUT2D eigenvalue weighted by Crippen LogP contribution is -2.41. The molecule has 0 spiro atoms. The predicted molar refractivity (Wildman–Crippen MR) is 127 cm³/mol. The van der Waals surface area contributed by atoms with Gasteiger partial charge in [0, 0.05) is 36.8 Å². The van der Waals surface area contributed by atoms with Crippen molar-refractivity contribution in [2.24, 2.45) is 10.9 Å². The quantitative estimate of drug-likeness (QED) is 0.221. The number of nitrogens with one attached hydrogen (secondary N) is 3. The van der Waals surface area contributed by atoms with Gasteiger partial charge in [-0.15, -0.1) is 24.0 Å². The number of guanidine groups is 1. The Morgan fingerprint density at radius 3 is 2.48 bits per heavy atom. The highest BCUT2D eigenvalue weighted by atomic mass is 127. The second-order valence-corrected chi connectivity index (χ2v) is 7.08. The van der Waals surface area contributed by atoms with E-state index in [1.165, 1.54) is 0 Å². The Morgan fingerprint density at radius 2 is 1.83 bits per heavy atom. The number of benzene rings is 1. The van der Waals surface area contributed by atoms with E-state index in [0.717, 1.165) is 48.0 Å². The average Bonchev–Trinajstić information content (AvgIpc) is 3.51. The van der Waals surface area contributed by atoms with Gasteiger partial charge in [-0.1, -0.05) is 18.2 Å². The van der Waals surface area contributed by atoms with Crippen LogP contribution in [0.5, 0.6) is 0 Å². The summed E-state index contributed by atoms with van der Waals surface area (Å²) < 4.78 is 1.97. The van der Waals surface area contributed by atoms with Gasteiger partial charge in [-0.25, -0.2) is 9.67 Å². The molecular weight excluding hydrogens is 479 g/mol. The molecule has 0 radical (unpaired) electrons. The summed E-state index contributed by atoms with van der Waals surface area (Å²) in [6.45, 7) is 8.71. The van der Waals surface area contributed by atoms with Gasteiger partial charge < -0.3 is 16.0 Å². The first kappa shape index (κ1) is 23.2. The molecule has 1 aliphatic carbocycles. The molecule has 1 heterocycles. The number of halogens is 1. The number of hydrogen-bond acceptors (Lipinski definition) is 3. The molecule has 2 aromatic rings. The van der Waals surface area contributed by atoms with E-state index >= 15 is 0 Å². The molecule has 1 aromatic heterocycles. The molecule has 0 unspecified atom stereocenters. The second-order valence-electron chi connectivity index (χ2n) is 7.08. The van der Waals surface area contributed by atoms with Crippen molar-refractivity contribution in [1.29, 1.82) is 0 Å². The van der Waals surface area contributed by atoms with Gasteiger partial charge in [0.05, 0.1) is 17.9 Å². The number of para-hydroxylation sites is 1. The Balaban J connectivity index is 0.00000300. The molecule has 1 saturated carbocycles. The van der Waals surface area contributed by atoms with Gasteiger partial charge in [0.15, 0.2) is 5.96 Å². The maximum Gasteiger partial charge on any atom is 0.223 e. The second kappa shape index (κ2) is 11.2. The molecule has 1 aromatic carbocycles. The molecule has 158 valence electrons. The third kappa shape index (κ3) is 6.45. The van der Waals surface area contributed by atoms with E-state index in [-0.39, 0.29) is 35.8 Å². The Morgan fingerprint density at radius 1 is 1.14 bits per heavy atom. The minimum atomic E-state index is 0. The number of rotatable bonds is 8. The van der Waals surface area contributed by atoms with Crippen molar-refractivity contribution in [3.63, 3.8) is 0 Å². The topological polar surface area (TPSA) is 83.3 Å². The number of amides is 1. The highest BCUT2D eigenvalue weighted by molar-refractivity contribution is 14.0. The molecule has 8 heteroatoms. The molecule has 29 heavy (non-hydrogen) atoms. The number of aryl methyl sites for hydroxylation is 1. The molecule has 0 bridgehead atoms. The van der Waals surface area contributed by atoms with Crippen LogP contribution in [-0.2, 0) is 11.3 Å². The summed E-state index contributed by atoms with van der Waals surface area (Å²) in [7, 11) is 0. The largest absolute Gasteiger partial charge is 0.357 e. The van der Waals surface area contributed by atoms with Crippen LogP contribution in [0.4, 0.5) is 0 Å². The Hall–Kier alpha value is -2.10. The first-order valence-corrected chi connectivity index (χ1v) is 10.0. The lowest BCUT2D eigenvalue weighted by molar-refractivity contribution is -0.122. The summed E-state index contributed by atoms with van der Waals surface area (Å²) in [5.74, 6) is 1.16.